The Bertz CT molecular complexity index is 261. The van der Waals surface area contributed by atoms with Crippen molar-refractivity contribution in [3.63, 3.8) is 0 Å². The van der Waals surface area contributed by atoms with Gasteiger partial charge >= 0.3 is 0 Å². The van der Waals surface area contributed by atoms with Crippen molar-refractivity contribution in [2.24, 2.45) is 11.3 Å². The first-order chi connectivity index (χ1) is 8.49. The zero-order valence-electron chi connectivity index (χ0n) is 12.2. The van der Waals surface area contributed by atoms with E-state index in [4.69, 9.17) is 4.74 Å². The van der Waals surface area contributed by atoms with Gasteiger partial charge in [-0.3, -0.25) is 0 Å². The lowest BCUT2D eigenvalue weighted by Gasteiger charge is -2.42. The Hall–Kier alpha value is -0.120. The summed E-state index contributed by atoms with van der Waals surface area (Å²) < 4.78 is 5.68. The topological polar surface area (TPSA) is 32.7 Å². The number of nitrogens with zero attached hydrogens (tertiary/aromatic N) is 1. The Morgan fingerprint density at radius 2 is 2.00 bits per heavy atom. The largest absolute Gasteiger partial charge is 0.392 e. The van der Waals surface area contributed by atoms with Crippen LogP contribution in [0.15, 0.2) is 0 Å². The maximum absolute atomic E-state index is 10.4. The summed E-state index contributed by atoms with van der Waals surface area (Å²) in [6.07, 6.45) is 6.24. The molecule has 1 heterocycles. The molecule has 0 radical (unpaired) electrons. The Kier molecular flexibility index (Phi) is 4.68. The van der Waals surface area contributed by atoms with Crippen molar-refractivity contribution in [1.82, 2.24) is 4.90 Å². The molecule has 0 spiro atoms. The highest BCUT2D eigenvalue weighted by Crippen LogP contribution is 2.39. The Labute approximate surface area is 112 Å². The predicted octanol–water partition coefficient (Wildman–Crippen LogP) is 2.28. The van der Waals surface area contributed by atoms with Gasteiger partial charge in [-0.15, -0.1) is 0 Å². The molecule has 1 saturated heterocycles. The molecule has 3 nitrogen and oxygen atoms in total. The van der Waals surface area contributed by atoms with Gasteiger partial charge in [-0.05, 0) is 44.1 Å². The highest BCUT2D eigenvalue weighted by molar-refractivity contribution is 4.89. The van der Waals surface area contributed by atoms with Crippen LogP contribution in [0.4, 0.5) is 0 Å². The standard InChI is InChI=1S/C15H29NO2/c1-15(2)8-4-6-12(14(15)17)10-16(3)11-13-7-5-9-18-13/h12-14,17H,4-11H2,1-3H3. The van der Waals surface area contributed by atoms with E-state index >= 15 is 0 Å². The summed E-state index contributed by atoms with van der Waals surface area (Å²) in [6.45, 7) is 7.35. The van der Waals surface area contributed by atoms with Gasteiger partial charge < -0.3 is 14.7 Å². The van der Waals surface area contributed by atoms with Crippen LogP contribution in [-0.4, -0.2) is 49.0 Å². The fourth-order valence-electron chi connectivity index (χ4n) is 3.57. The van der Waals surface area contributed by atoms with E-state index in [1.165, 1.54) is 25.7 Å². The Morgan fingerprint density at radius 3 is 2.67 bits per heavy atom. The zero-order chi connectivity index (χ0) is 13.2. The van der Waals surface area contributed by atoms with Crippen LogP contribution in [0.1, 0.15) is 46.0 Å². The third kappa shape index (κ3) is 3.46. The van der Waals surface area contributed by atoms with Crippen LogP contribution in [0.3, 0.4) is 0 Å². The molecule has 3 atom stereocenters. The van der Waals surface area contributed by atoms with Crippen molar-refractivity contribution in [2.45, 2.75) is 58.2 Å². The SMILES string of the molecule is CN(CC1CCCO1)CC1CCCC(C)(C)C1O. The summed E-state index contributed by atoms with van der Waals surface area (Å²) in [5.41, 5.74) is 0.0909. The molecule has 1 aliphatic heterocycles. The van der Waals surface area contributed by atoms with Crippen LogP contribution in [0.2, 0.25) is 0 Å². The number of likely N-dealkylation sites (N-methyl/N-ethyl adjacent to an activating group) is 1. The van der Waals surface area contributed by atoms with E-state index in [0.29, 0.717) is 12.0 Å². The Balaban J connectivity index is 1.80. The summed E-state index contributed by atoms with van der Waals surface area (Å²) in [6, 6.07) is 0. The smallest absolute Gasteiger partial charge is 0.0702 e. The zero-order valence-corrected chi connectivity index (χ0v) is 12.2. The van der Waals surface area contributed by atoms with Gasteiger partial charge in [0, 0.05) is 19.7 Å². The van der Waals surface area contributed by atoms with Gasteiger partial charge in [-0.1, -0.05) is 20.3 Å². The fourth-order valence-corrected chi connectivity index (χ4v) is 3.57. The summed E-state index contributed by atoms with van der Waals surface area (Å²) in [7, 11) is 2.16. The van der Waals surface area contributed by atoms with Gasteiger partial charge in [-0.2, -0.15) is 0 Å². The molecule has 0 aromatic heterocycles. The summed E-state index contributed by atoms with van der Waals surface area (Å²) in [5, 5.41) is 10.4. The van der Waals surface area contributed by atoms with Crippen LogP contribution in [-0.2, 0) is 4.74 Å². The summed E-state index contributed by atoms with van der Waals surface area (Å²) in [5.74, 6) is 0.431. The Morgan fingerprint density at radius 1 is 1.22 bits per heavy atom. The monoisotopic (exact) mass is 255 g/mol. The van der Waals surface area contributed by atoms with Gasteiger partial charge in [0.05, 0.1) is 12.2 Å². The second kappa shape index (κ2) is 5.89. The third-order valence-electron chi connectivity index (χ3n) is 4.73. The molecule has 18 heavy (non-hydrogen) atoms. The molecule has 2 rings (SSSR count). The van der Waals surface area contributed by atoms with E-state index in [9.17, 15) is 5.11 Å². The van der Waals surface area contributed by atoms with Crippen LogP contribution < -0.4 is 0 Å². The molecule has 1 N–H and O–H groups in total. The molecule has 2 aliphatic rings. The first kappa shape index (κ1) is 14.3. The van der Waals surface area contributed by atoms with Crippen molar-refractivity contribution in [2.75, 3.05) is 26.7 Å². The van der Waals surface area contributed by atoms with E-state index in [-0.39, 0.29) is 11.5 Å². The lowest BCUT2D eigenvalue weighted by molar-refractivity contribution is -0.0440. The first-order valence-corrected chi connectivity index (χ1v) is 7.47. The molecular formula is C15H29NO2. The minimum absolute atomic E-state index is 0.0909. The quantitative estimate of drug-likeness (QED) is 0.836. The molecule has 1 aliphatic carbocycles. The molecule has 1 saturated carbocycles. The molecule has 0 aromatic rings. The third-order valence-corrected chi connectivity index (χ3v) is 4.73. The minimum Gasteiger partial charge on any atom is -0.392 e. The molecule has 3 unspecified atom stereocenters. The van der Waals surface area contributed by atoms with Crippen LogP contribution >= 0.6 is 0 Å². The van der Waals surface area contributed by atoms with Crippen molar-refractivity contribution >= 4 is 0 Å². The van der Waals surface area contributed by atoms with Gasteiger partial charge in [0.15, 0.2) is 0 Å². The van der Waals surface area contributed by atoms with Gasteiger partial charge in [0.25, 0.3) is 0 Å². The molecule has 3 heteroatoms. The average molecular weight is 255 g/mol. The van der Waals surface area contributed by atoms with Crippen LogP contribution in [0.5, 0.6) is 0 Å². The molecular weight excluding hydrogens is 226 g/mol. The molecule has 0 bridgehead atoms. The summed E-state index contributed by atoms with van der Waals surface area (Å²) >= 11 is 0. The number of aliphatic hydroxyl groups is 1. The first-order valence-electron chi connectivity index (χ1n) is 7.47. The lowest BCUT2D eigenvalue weighted by atomic mass is 9.69. The number of ether oxygens (including phenoxy) is 1. The minimum atomic E-state index is -0.154. The van der Waals surface area contributed by atoms with Gasteiger partial charge in [-0.25, -0.2) is 0 Å². The van der Waals surface area contributed by atoms with Crippen molar-refractivity contribution in [3.8, 4) is 0 Å². The number of hydrogen-bond donors (Lipinski definition) is 1. The van der Waals surface area contributed by atoms with E-state index in [1.807, 2.05) is 0 Å². The fraction of sp³-hybridized carbons (Fsp3) is 1.00. The van der Waals surface area contributed by atoms with Crippen molar-refractivity contribution in [3.05, 3.63) is 0 Å². The second-order valence-corrected chi connectivity index (χ2v) is 6.94. The predicted molar refractivity (Wildman–Crippen MR) is 73.6 cm³/mol. The van der Waals surface area contributed by atoms with E-state index < -0.39 is 0 Å². The maximum atomic E-state index is 10.4. The molecule has 0 amide bonds. The normalized spacial score (nSPS) is 36.2. The van der Waals surface area contributed by atoms with E-state index in [1.54, 1.807) is 0 Å². The van der Waals surface area contributed by atoms with Crippen LogP contribution in [0.25, 0.3) is 0 Å². The number of aliphatic hydroxyl groups excluding tert-OH is 1. The number of rotatable bonds is 4. The lowest BCUT2D eigenvalue weighted by Crippen LogP contribution is -2.45. The van der Waals surface area contributed by atoms with Gasteiger partial charge in [0.1, 0.15) is 0 Å². The van der Waals surface area contributed by atoms with Crippen molar-refractivity contribution < 1.29 is 9.84 Å². The highest BCUT2D eigenvalue weighted by Gasteiger charge is 2.38. The van der Waals surface area contributed by atoms with E-state index in [0.717, 1.165) is 26.1 Å². The molecule has 2 fully saturated rings. The molecule has 0 aromatic carbocycles. The van der Waals surface area contributed by atoms with Crippen LogP contribution in [0, 0.1) is 11.3 Å². The van der Waals surface area contributed by atoms with Gasteiger partial charge in [0.2, 0.25) is 0 Å². The maximum Gasteiger partial charge on any atom is 0.0702 e. The highest BCUT2D eigenvalue weighted by atomic mass is 16.5. The number of hydrogen-bond acceptors (Lipinski definition) is 3. The summed E-state index contributed by atoms with van der Waals surface area (Å²) in [4.78, 5) is 2.35. The molecule has 106 valence electrons. The van der Waals surface area contributed by atoms with E-state index in [2.05, 4.69) is 25.8 Å². The van der Waals surface area contributed by atoms with Crippen molar-refractivity contribution in [1.29, 1.82) is 0 Å². The second-order valence-electron chi connectivity index (χ2n) is 6.94. The average Bonchev–Trinajstić information content (AvgIpc) is 2.77.